The maximum Gasteiger partial charge on any atom is 0.257 e. The van der Waals surface area contributed by atoms with Gasteiger partial charge in [0.25, 0.3) is 5.91 Å². The lowest BCUT2D eigenvalue weighted by molar-refractivity contribution is 0.102. The molecule has 0 aromatic heterocycles. The van der Waals surface area contributed by atoms with Crippen LogP contribution in [-0.4, -0.2) is 44.9 Å². The molecule has 2 aliphatic heterocycles. The molecule has 0 atom stereocenters. The summed E-state index contributed by atoms with van der Waals surface area (Å²) in [7, 11) is -3.66. The monoisotopic (exact) mass is 436 g/mol. The van der Waals surface area contributed by atoms with Gasteiger partial charge in [0.05, 0.1) is 15.5 Å². The first-order valence-electron chi connectivity index (χ1n) is 9.46. The summed E-state index contributed by atoms with van der Waals surface area (Å²) in [5.41, 5.74) is 0.597. The Morgan fingerprint density at radius 3 is 2.45 bits per heavy atom. The third kappa shape index (κ3) is 4.19. The Bertz CT molecular complexity index is 1040. The predicted molar refractivity (Wildman–Crippen MR) is 109 cm³/mol. The number of hydrogen-bond donors (Lipinski definition) is 1. The maximum atomic E-state index is 12.9. The minimum Gasteiger partial charge on any atom is -0.486 e. The van der Waals surface area contributed by atoms with Crippen molar-refractivity contribution in [2.75, 3.05) is 31.6 Å². The van der Waals surface area contributed by atoms with Gasteiger partial charge in [-0.1, -0.05) is 18.0 Å². The summed E-state index contributed by atoms with van der Waals surface area (Å²) >= 11 is 6.19. The number of halogens is 1. The molecule has 2 aliphatic rings. The van der Waals surface area contributed by atoms with Crippen LogP contribution in [-0.2, 0) is 10.0 Å². The van der Waals surface area contributed by atoms with Crippen LogP contribution < -0.4 is 14.8 Å². The third-order valence-corrected chi connectivity index (χ3v) is 7.16. The SMILES string of the molecule is O=C(Nc1ccc2c(c1)OCCO2)c1cc(S(=O)(=O)N2CCCCC2)ccc1Cl. The zero-order valence-electron chi connectivity index (χ0n) is 15.7. The summed E-state index contributed by atoms with van der Waals surface area (Å²) in [5, 5.41) is 2.92. The fraction of sp³-hybridized carbons (Fsp3) is 0.350. The van der Waals surface area contributed by atoms with E-state index in [2.05, 4.69) is 5.32 Å². The minimum absolute atomic E-state index is 0.0659. The van der Waals surface area contributed by atoms with Gasteiger partial charge in [-0.3, -0.25) is 4.79 Å². The molecule has 4 rings (SSSR count). The first-order chi connectivity index (χ1) is 13.9. The first-order valence-corrected chi connectivity index (χ1v) is 11.3. The summed E-state index contributed by atoms with van der Waals surface area (Å²) in [5.74, 6) is 0.658. The predicted octanol–water partition coefficient (Wildman–Crippen LogP) is 3.54. The van der Waals surface area contributed by atoms with Crippen molar-refractivity contribution in [3.8, 4) is 11.5 Å². The van der Waals surface area contributed by atoms with Gasteiger partial charge in [-0.25, -0.2) is 8.42 Å². The Hall–Kier alpha value is -2.29. The van der Waals surface area contributed by atoms with Gasteiger partial charge in [0, 0.05) is 24.8 Å². The molecule has 0 radical (unpaired) electrons. The van der Waals surface area contributed by atoms with Crippen LogP contribution >= 0.6 is 11.6 Å². The van der Waals surface area contributed by atoms with E-state index in [1.807, 2.05) is 0 Å². The summed E-state index contributed by atoms with van der Waals surface area (Å²) in [6.07, 6.45) is 2.70. The van der Waals surface area contributed by atoms with Gasteiger partial charge in [0.2, 0.25) is 10.0 Å². The molecule has 29 heavy (non-hydrogen) atoms. The second kappa shape index (κ2) is 8.22. The molecule has 9 heteroatoms. The van der Waals surface area contributed by atoms with Crippen molar-refractivity contribution in [1.82, 2.24) is 4.31 Å². The van der Waals surface area contributed by atoms with Gasteiger partial charge in [-0.2, -0.15) is 4.31 Å². The van der Waals surface area contributed by atoms with E-state index in [1.54, 1.807) is 18.2 Å². The molecule has 1 saturated heterocycles. The lowest BCUT2D eigenvalue weighted by atomic mass is 10.2. The van der Waals surface area contributed by atoms with Crippen LogP contribution in [0.2, 0.25) is 5.02 Å². The lowest BCUT2D eigenvalue weighted by Crippen LogP contribution is -2.35. The second-order valence-corrected chi connectivity index (χ2v) is 9.26. The van der Waals surface area contributed by atoms with Crippen molar-refractivity contribution in [2.24, 2.45) is 0 Å². The summed E-state index contributed by atoms with van der Waals surface area (Å²) < 4.78 is 38.3. The number of nitrogens with one attached hydrogen (secondary N) is 1. The highest BCUT2D eigenvalue weighted by Gasteiger charge is 2.27. The van der Waals surface area contributed by atoms with Crippen LogP contribution in [0.15, 0.2) is 41.3 Å². The average molecular weight is 437 g/mol. The largest absolute Gasteiger partial charge is 0.486 e. The highest BCUT2D eigenvalue weighted by Crippen LogP contribution is 2.33. The van der Waals surface area contributed by atoms with E-state index in [-0.39, 0.29) is 15.5 Å². The number of sulfonamides is 1. The van der Waals surface area contributed by atoms with Gasteiger partial charge in [-0.05, 0) is 43.2 Å². The van der Waals surface area contributed by atoms with E-state index in [9.17, 15) is 13.2 Å². The maximum absolute atomic E-state index is 12.9. The van der Waals surface area contributed by atoms with E-state index in [0.717, 1.165) is 19.3 Å². The first kappa shape index (κ1) is 20.0. The Kier molecular flexibility index (Phi) is 5.67. The lowest BCUT2D eigenvalue weighted by Gasteiger charge is -2.26. The zero-order chi connectivity index (χ0) is 20.4. The van der Waals surface area contributed by atoms with Crippen LogP contribution in [0.3, 0.4) is 0 Å². The summed E-state index contributed by atoms with van der Waals surface area (Å²) in [4.78, 5) is 12.8. The highest BCUT2D eigenvalue weighted by molar-refractivity contribution is 7.89. The van der Waals surface area contributed by atoms with Crippen molar-refractivity contribution >= 4 is 33.2 Å². The van der Waals surface area contributed by atoms with Crippen molar-refractivity contribution in [3.05, 3.63) is 47.0 Å². The molecule has 2 aromatic carbocycles. The third-order valence-electron chi connectivity index (χ3n) is 4.94. The van der Waals surface area contributed by atoms with Gasteiger partial charge in [-0.15, -0.1) is 0 Å². The Morgan fingerprint density at radius 2 is 1.69 bits per heavy atom. The number of rotatable bonds is 4. The average Bonchev–Trinajstić information content (AvgIpc) is 2.74. The smallest absolute Gasteiger partial charge is 0.257 e. The molecule has 1 fully saturated rings. The van der Waals surface area contributed by atoms with Crippen LogP contribution in [0.1, 0.15) is 29.6 Å². The van der Waals surface area contributed by atoms with Crippen LogP contribution in [0.25, 0.3) is 0 Å². The van der Waals surface area contributed by atoms with Gasteiger partial charge >= 0.3 is 0 Å². The number of fused-ring (bicyclic) bond motifs is 1. The Labute approximate surface area is 174 Å². The van der Waals surface area contributed by atoms with Crippen molar-refractivity contribution in [1.29, 1.82) is 0 Å². The second-order valence-electron chi connectivity index (χ2n) is 6.92. The van der Waals surface area contributed by atoms with E-state index in [4.69, 9.17) is 21.1 Å². The number of carbonyl (C=O) groups excluding carboxylic acids is 1. The van der Waals surface area contributed by atoms with E-state index < -0.39 is 15.9 Å². The highest BCUT2D eigenvalue weighted by atomic mass is 35.5. The molecular weight excluding hydrogens is 416 g/mol. The van der Waals surface area contributed by atoms with Crippen molar-refractivity contribution in [2.45, 2.75) is 24.2 Å². The van der Waals surface area contributed by atoms with Crippen molar-refractivity contribution < 1.29 is 22.7 Å². The fourth-order valence-electron chi connectivity index (χ4n) is 3.41. The Balaban J connectivity index is 1.58. The topological polar surface area (TPSA) is 84.9 Å². The van der Waals surface area contributed by atoms with Crippen molar-refractivity contribution in [3.63, 3.8) is 0 Å². The zero-order valence-corrected chi connectivity index (χ0v) is 17.3. The number of amides is 1. The van der Waals surface area contributed by atoms with Crippen LogP contribution in [0, 0.1) is 0 Å². The van der Waals surface area contributed by atoms with Crippen LogP contribution in [0.4, 0.5) is 5.69 Å². The molecule has 1 N–H and O–H groups in total. The normalized spacial score (nSPS) is 17.0. The van der Waals surface area contributed by atoms with Gasteiger partial charge < -0.3 is 14.8 Å². The molecule has 0 spiro atoms. The number of piperidine rings is 1. The number of benzene rings is 2. The number of anilines is 1. The summed E-state index contributed by atoms with van der Waals surface area (Å²) in [6.45, 7) is 1.90. The molecule has 2 heterocycles. The number of ether oxygens (including phenoxy) is 2. The molecule has 0 bridgehead atoms. The number of hydrogen-bond acceptors (Lipinski definition) is 5. The molecule has 7 nitrogen and oxygen atoms in total. The standard InChI is InChI=1S/C20H21ClN2O5S/c21-17-6-5-15(29(25,26)23-8-2-1-3-9-23)13-16(17)20(24)22-14-4-7-18-19(12-14)28-11-10-27-18/h4-7,12-13H,1-3,8-11H2,(H,22,24). The van der Waals surface area contributed by atoms with E-state index in [1.165, 1.54) is 22.5 Å². The van der Waals surface area contributed by atoms with Gasteiger partial charge in [0.15, 0.2) is 11.5 Å². The fourth-order valence-corrected chi connectivity index (χ4v) is 5.16. The number of nitrogens with zero attached hydrogens (tertiary/aromatic N) is 1. The molecule has 0 aliphatic carbocycles. The van der Waals surface area contributed by atoms with E-state index in [0.29, 0.717) is 43.5 Å². The molecule has 1 amide bonds. The Morgan fingerprint density at radius 1 is 0.966 bits per heavy atom. The summed E-state index contributed by atoms with van der Waals surface area (Å²) in [6, 6.07) is 9.27. The van der Waals surface area contributed by atoms with Gasteiger partial charge in [0.1, 0.15) is 13.2 Å². The number of carbonyl (C=O) groups is 1. The van der Waals surface area contributed by atoms with Crippen LogP contribution in [0.5, 0.6) is 11.5 Å². The molecule has 0 unspecified atom stereocenters. The molecule has 0 saturated carbocycles. The quantitative estimate of drug-likeness (QED) is 0.792. The minimum atomic E-state index is -3.66. The van der Waals surface area contributed by atoms with E-state index >= 15 is 0 Å². The molecule has 154 valence electrons. The molecule has 2 aromatic rings. The molecular formula is C20H21ClN2O5S.